The Bertz CT molecular complexity index is 814. The molecule has 3 rings (SSSR count). The predicted octanol–water partition coefficient (Wildman–Crippen LogP) is 3.41. The highest BCUT2D eigenvalue weighted by Gasteiger charge is 2.27. The van der Waals surface area contributed by atoms with Crippen molar-refractivity contribution in [2.45, 2.75) is 39.0 Å². The van der Waals surface area contributed by atoms with Crippen molar-refractivity contribution in [3.05, 3.63) is 53.7 Å². The molecule has 0 radical (unpaired) electrons. The molecule has 1 aliphatic rings. The van der Waals surface area contributed by atoms with Gasteiger partial charge in [-0.3, -0.25) is 9.69 Å². The van der Waals surface area contributed by atoms with Crippen LogP contribution in [0.1, 0.15) is 54.9 Å². The van der Waals surface area contributed by atoms with Crippen molar-refractivity contribution < 1.29 is 19.3 Å². The number of ether oxygens (including phenoxy) is 1. The molecular weight excluding hydrogens is 354 g/mol. The average Bonchev–Trinajstić information content (AvgIpc) is 3.27. The lowest BCUT2D eigenvalue weighted by Crippen LogP contribution is -2.29. The maximum Gasteiger partial charge on any atom is 0.347 e. The second-order valence-electron chi connectivity index (χ2n) is 7.18. The van der Waals surface area contributed by atoms with Crippen LogP contribution in [0.2, 0.25) is 0 Å². The number of carbonyl (C=O) groups is 2. The van der Waals surface area contributed by atoms with Gasteiger partial charge in [-0.1, -0.05) is 26.0 Å². The zero-order chi connectivity index (χ0) is 19.9. The molecular formula is C22H28N3O3+. The van der Waals surface area contributed by atoms with Crippen molar-refractivity contribution >= 4 is 23.4 Å². The molecule has 28 heavy (non-hydrogen) atoms. The third kappa shape index (κ3) is 4.88. The number of aromatic nitrogens is 1. The van der Waals surface area contributed by atoms with Crippen LogP contribution in [-0.2, 0) is 9.53 Å². The molecule has 1 aromatic heterocycles. The van der Waals surface area contributed by atoms with Crippen LogP contribution in [0.15, 0.2) is 42.6 Å². The molecule has 0 bridgehead atoms. The third-order valence-electron chi connectivity index (χ3n) is 5.19. The number of aromatic amines is 1. The van der Waals surface area contributed by atoms with Crippen LogP contribution in [0.3, 0.4) is 0 Å². The zero-order valence-corrected chi connectivity index (χ0v) is 16.5. The van der Waals surface area contributed by atoms with Gasteiger partial charge in [-0.05, 0) is 55.0 Å². The van der Waals surface area contributed by atoms with Gasteiger partial charge >= 0.3 is 5.97 Å². The molecule has 0 spiro atoms. The number of nitrogens with zero attached hydrogens (tertiary/aromatic N) is 1. The van der Waals surface area contributed by atoms with Crippen LogP contribution in [0, 0.1) is 0 Å². The van der Waals surface area contributed by atoms with Gasteiger partial charge in [0.1, 0.15) is 5.56 Å². The summed E-state index contributed by atoms with van der Waals surface area (Å²) in [5.74, 6) is 0.387. The van der Waals surface area contributed by atoms with Crippen LogP contribution >= 0.6 is 0 Å². The molecule has 0 unspecified atom stereocenters. The minimum Gasteiger partial charge on any atom is -0.452 e. The van der Waals surface area contributed by atoms with Crippen LogP contribution in [0.4, 0.5) is 11.5 Å². The summed E-state index contributed by atoms with van der Waals surface area (Å²) in [6.45, 7) is 5.82. The maximum absolute atomic E-state index is 12.5. The fraction of sp³-hybridized carbons (Fsp3) is 0.409. The Morgan fingerprint density at radius 3 is 2.57 bits per heavy atom. The zero-order valence-electron chi connectivity index (χ0n) is 16.5. The second kappa shape index (κ2) is 9.35. The van der Waals surface area contributed by atoms with Gasteiger partial charge in [-0.2, -0.15) is 0 Å². The van der Waals surface area contributed by atoms with Gasteiger partial charge in [0, 0.05) is 5.69 Å². The van der Waals surface area contributed by atoms with E-state index in [0.717, 1.165) is 38.2 Å². The van der Waals surface area contributed by atoms with E-state index in [1.165, 1.54) is 5.56 Å². The van der Waals surface area contributed by atoms with Crippen LogP contribution < -0.4 is 15.2 Å². The van der Waals surface area contributed by atoms with Crippen molar-refractivity contribution in [2.75, 3.05) is 29.9 Å². The molecule has 2 heterocycles. The fourth-order valence-electron chi connectivity index (χ4n) is 3.33. The van der Waals surface area contributed by atoms with E-state index in [1.54, 1.807) is 18.3 Å². The number of benzene rings is 1. The summed E-state index contributed by atoms with van der Waals surface area (Å²) >= 11 is 0. The highest BCUT2D eigenvalue weighted by atomic mass is 16.5. The van der Waals surface area contributed by atoms with E-state index in [1.807, 2.05) is 24.3 Å². The molecule has 1 amide bonds. The smallest absolute Gasteiger partial charge is 0.347 e. The molecule has 1 saturated heterocycles. The van der Waals surface area contributed by atoms with E-state index in [-0.39, 0.29) is 12.5 Å². The van der Waals surface area contributed by atoms with Gasteiger partial charge in [0.15, 0.2) is 6.61 Å². The molecule has 1 aliphatic heterocycles. The van der Waals surface area contributed by atoms with Crippen molar-refractivity contribution in [3.8, 4) is 0 Å². The summed E-state index contributed by atoms with van der Waals surface area (Å²) in [5, 5.41) is 2.77. The number of hydrogen-bond acceptors (Lipinski definition) is 4. The van der Waals surface area contributed by atoms with Gasteiger partial charge in [0.25, 0.3) is 11.7 Å². The number of anilines is 2. The van der Waals surface area contributed by atoms with E-state index in [2.05, 4.69) is 29.0 Å². The van der Waals surface area contributed by atoms with Gasteiger partial charge in [-0.25, -0.2) is 9.78 Å². The SMILES string of the molecule is CC[C@H](C)c1ccc(NC(=O)COC(=O)c2ccc[nH+]c2N2CCCC2)cc1. The van der Waals surface area contributed by atoms with E-state index in [4.69, 9.17) is 4.74 Å². The average molecular weight is 382 g/mol. The quantitative estimate of drug-likeness (QED) is 0.745. The van der Waals surface area contributed by atoms with Crippen molar-refractivity contribution in [1.29, 1.82) is 0 Å². The third-order valence-corrected chi connectivity index (χ3v) is 5.19. The minimum atomic E-state index is -0.499. The molecule has 2 N–H and O–H groups in total. The van der Waals surface area contributed by atoms with Crippen LogP contribution in [0.25, 0.3) is 0 Å². The first-order valence-corrected chi connectivity index (χ1v) is 9.91. The molecule has 0 saturated carbocycles. The Morgan fingerprint density at radius 2 is 1.89 bits per heavy atom. The fourth-order valence-corrected chi connectivity index (χ4v) is 3.33. The Balaban J connectivity index is 1.55. The molecule has 1 aromatic carbocycles. The van der Waals surface area contributed by atoms with Crippen molar-refractivity contribution in [1.82, 2.24) is 0 Å². The summed E-state index contributed by atoms with van der Waals surface area (Å²) in [7, 11) is 0. The first-order valence-electron chi connectivity index (χ1n) is 9.91. The highest BCUT2D eigenvalue weighted by molar-refractivity contribution is 5.97. The first-order chi connectivity index (χ1) is 13.6. The minimum absolute atomic E-state index is 0.319. The number of hydrogen-bond donors (Lipinski definition) is 1. The van der Waals surface area contributed by atoms with Gasteiger partial charge in [0.05, 0.1) is 19.3 Å². The Labute approximate surface area is 165 Å². The number of carbonyl (C=O) groups excluding carboxylic acids is 2. The largest absolute Gasteiger partial charge is 0.452 e. The van der Waals surface area contributed by atoms with E-state index < -0.39 is 5.97 Å². The molecule has 6 heteroatoms. The maximum atomic E-state index is 12.5. The Morgan fingerprint density at radius 1 is 1.18 bits per heavy atom. The summed E-state index contributed by atoms with van der Waals surface area (Å²) in [4.78, 5) is 29.9. The summed E-state index contributed by atoms with van der Waals surface area (Å²) < 4.78 is 5.24. The normalized spacial score (nSPS) is 14.6. The number of esters is 1. The van der Waals surface area contributed by atoms with E-state index >= 15 is 0 Å². The molecule has 148 valence electrons. The van der Waals surface area contributed by atoms with E-state index in [0.29, 0.717) is 17.2 Å². The summed E-state index contributed by atoms with van der Waals surface area (Å²) in [6, 6.07) is 11.3. The second-order valence-corrected chi connectivity index (χ2v) is 7.18. The van der Waals surface area contributed by atoms with Crippen LogP contribution in [0.5, 0.6) is 0 Å². The molecule has 0 aliphatic carbocycles. The van der Waals surface area contributed by atoms with Crippen molar-refractivity contribution in [3.63, 3.8) is 0 Å². The number of pyridine rings is 1. The molecule has 1 atom stereocenters. The summed E-state index contributed by atoms with van der Waals surface area (Å²) in [6.07, 6.45) is 5.07. The predicted molar refractivity (Wildman–Crippen MR) is 109 cm³/mol. The van der Waals surface area contributed by atoms with Gasteiger partial charge < -0.3 is 10.1 Å². The lowest BCUT2D eigenvalue weighted by Gasteiger charge is -2.12. The lowest BCUT2D eigenvalue weighted by molar-refractivity contribution is -0.364. The van der Waals surface area contributed by atoms with Crippen molar-refractivity contribution in [2.24, 2.45) is 0 Å². The Hall–Kier alpha value is -2.89. The van der Waals surface area contributed by atoms with Crippen LogP contribution in [-0.4, -0.2) is 31.6 Å². The molecule has 1 fully saturated rings. The summed E-state index contributed by atoms with van der Waals surface area (Å²) in [5.41, 5.74) is 2.38. The molecule has 6 nitrogen and oxygen atoms in total. The monoisotopic (exact) mass is 382 g/mol. The first kappa shape index (κ1) is 19.9. The molecule has 2 aromatic rings. The standard InChI is InChI=1S/C22H27N3O3/c1-3-16(2)17-8-10-18(11-9-17)24-20(26)15-28-22(27)19-7-6-12-23-21(19)25-13-4-5-14-25/h6-12,16H,3-5,13-15H2,1-2H3,(H,24,26)/p+1/t16-/m0/s1. The topological polar surface area (TPSA) is 72.8 Å². The lowest BCUT2D eigenvalue weighted by atomic mass is 9.99. The number of H-pyrrole nitrogens is 1. The number of nitrogens with one attached hydrogen (secondary N) is 2. The number of rotatable bonds is 7. The highest BCUT2D eigenvalue weighted by Crippen LogP contribution is 2.21. The van der Waals surface area contributed by atoms with Gasteiger partial charge in [0.2, 0.25) is 0 Å². The number of amides is 1. The van der Waals surface area contributed by atoms with Gasteiger partial charge in [-0.15, -0.1) is 0 Å². The van der Waals surface area contributed by atoms with E-state index in [9.17, 15) is 9.59 Å². The Kier molecular flexibility index (Phi) is 6.63.